The summed E-state index contributed by atoms with van der Waals surface area (Å²) in [4.78, 5) is 0. The van der Waals surface area contributed by atoms with Crippen molar-refractivity contribution in [2.45, 2.75) is 11.9 Å². The van der Waals surface area contributed by atoms with Crippen LogP contribution in [0, 0.1) is 0 Å². The van der Waals surface area contributed by atoms with Crippen LogP contribution in [0.5, 0.6) is 5.75 Å². The normalized spacial score (nSPS) is 10.7. The van der Waals surface area contributed by atoms with E-state index < -0.39 is 6.61 Å². The zero-order valence-electron chi connectivity index (χ0n) is 6.74. The molecule has 0 fully saturated rings. The summed E-state index contributed by atoms with van der Waals surface area (Å²) in [5.74, 6) is 0.122. The topological polar surface area (TPSA) is 9.23 Å². The third-order valence-corrected chi connectivity index (χ3v) is 4.32. The van der Waals surface area contributed by atoms with Gasteiger partial charge in [-0.2, -0.15) is 8.78 Å². The molecule has 6 heteroatoms. The Labute approximate surface area is 105 Å². The van der Waals surface area contributed by atoms with Crippen molar-refractivity contribution >= 4 is 47.8 Å². The molecule has 1 aromatic carbocycles. The Hall–Kier alpha value is 0.320. The molecule has 1 aromatic rings. The van der Waals surface area contributed by atoms with Gasteiger partial charge in [0, 0.05) is 9.80 Å². The Balaban J connectivity index is 3.04. The van der Waals surface area contributed by atoms with Gasteiger partial charge in [0.1, 0.15) is 5.75 Å². The van der Waals surface area contributed by atoms with E-state index in [4.69, 9.17) is 0 Å². The SMILES string of the molecule is FC(F)Oc1ccc(CBr)c(Br)c1Br. The molecule has 78 valence electrons. The van der Waals surface area contributed by atoms with Crippen molar-refractivity contribution in [3.05, 3.63) is 26.6 Å². The van der Waals surface area contributed by atoms with Crippen LogP contribution in [0.2, 0.25) is 0 Å². The fourth-order valence-electron chi connectivity index (χ4n) is 0.862. The van der Waals surface area contributed by atoms with Crippen LogP contribution in [0.3, 0.4) is 0 Å². The minimum absolute atomic E-state index is 0.122. The fourth-order valence-corrected chi connectivity index (χ4v) is 2.65. The summed E-state index contributed by atoms with van der Waals surface area (Å²) in [7, 11) is 0. The Morgan fingerprint density at radius 2 is 1.86 bits per heavy atom. The summed E-state index contributed by atoms with van der Waals surface area (Å²) >= 11 is 9.73. The zero-order chi connectivity index (χ0) is 10.7. The van der Waals surface area contributed by atoms with Gasteiger partial charge in [-0.05, 0) is 43.5 Å². The molecule has 0 aliphatic rings. The van der Waals surface area contributed by atoms with Gasteiger partial charge in [0.2, 0.25) is 0 Å². The van der Waals surface area contributed by atoms with Crippen molar-refractivity contribution in [1.82, 2.24) is 0 Å². The quantitative estimate of drug-likeness (QED) is 0.675. The molecule has 0 saturated carbocycles. The smallest absolute Gasteiger partial charge is 0.387 e. The predicted molar refractivity (Wildman–Crippen MR) is 61.1 cm³/mol. The first-order valence-corrected chi connectivity index (χ1v) is 6.24. The molecule has 0 aliphatic heterocycles. The molecule has 0 N–H and O–H groups in total. The van der Waals surface area contributed by atoms with Gasteiger partial charge in [0.25, 0.3) is 0 Å². The van der Waals surface area contributed by atoms with Crippen LogP contribution in [0.15, 0.2) is 21.1 Å². The van der Waals surface area contributed by atoms with E-state index in [9.17, 15) is 8.78 Å². The number of halogens is 5. The summed E-state index contributed by atoms with van der Waals surface area (Å²) in [5.41, 5.74) is 0.957. The first-order valence-electron chi connectivity index (χ1n) is 3.54. The lowest BCUT2D eigenvalue weighted by Gasteiger charge is -2.10. The van der Waals surface area contributed by atoms with Gasteiger partial charge in [-0.1, -0.05) is 22.0 Å². The molecule has 0 aromatic heterocycles. The van der Waals surface area contributed by atoms with Crippen LogP contribution in [0.4, 0.5) is 8.78 Å². The summed E-state index contributed by atoms with van der Waals surface area (Å²) < 4.78 is 29.4. The van der Waals surface area contributed by atoms with Crippen LogP contribution in [0.25, 0.3) is 0 Å². The maximum atomic E-state index is 11.9. The number of hydrogen-bond donors (Lipinski definition) is 0. The highest BCUT2D eigenvalue weighted by atomic mass is 79.9. The maximum absolute atomic E-state index is 11.9. The average Bonchev–Trinajstić information content (AvgIpc) is 2.13. The van der Waals surface area contributed by atoms with Crippen LogP contribution in [-0.2, 0) is 5.33 Å². The van der Waals surface area contributed by atoms with Gasteiger partial charge in [-0.3, -0.25) is 0 Å². The van der Waals surface area contributed by atoms with Crippen LogP contribution >= 0.6 is 47.8 Å². The zero-order valence-corrected chi connectivity index (χ0v) is 11.5. The molecule has 0 bridgehead atoms. The number of hydrogen-bond acceptors (Lipinski definition) is 1. The van der Waals surface area contributed by atoms with E-state index in [0.29, 0.717) is 14.3 Å². The summed E-state index contributed by atoms with van der Waals surface area (Å²) in [6, 6.07) is 3.21. The van der Waals surface area contributed by atoms with Gasteiger partial charge in [-0.15, -0.1) is 0 Å². The van der Waals surface area contributed by atoms with Crippen LogP contribution < -0.4 is 4.74 Å². The lowest BCUT2D eigenvalue weighted by Crippen LogP contribution is -2.03. The highest BCUT2D eigenvalue weighted by Crippen LogP contribution is 2.36. The molecule has 0 heterocycles. The second-order valence-electron chi connectivity index (χ2n) is 2.36. The van der Waals surface area contributed by atoms with E-state index in [1.807, 2.05) is 0 Å². The highest BCUT2D eigenvalue weighted by Gasteiger charge is 2.12. The monoisotopic (exact) mass is 392 g/mol. The molecule has 0 atom stereocenters. The molecule has 14 heavy (non-hydrogen) atoms. The van der Waals surface area contributed by atoms with Gasteiger partial charge >= 0.3 is 6.61 Å². The molecule has 0 aliphatic carbocycles. The lowest BCUT2D eigenvalue weighted by molar-refractivity contribution is -0.0504. The summed E-state index contributed by atoms with van der Waals surface area (Å²) in [6.45, 7) is -2.81. The third-order valence-electron chi connectivity index (χ3n) is 1.49. The number of rotatable bonds is 3. The standard InChI is InChI=1S/C8H5Br3F2O/c9-3-4-1-2-5(14-8(12)13)7(11)6(4)10/h1-2,8H,3H2. The summed E-state index contributed by atoms with van der Waals surface area (Å²) in [6.07, 6.45) is 0. The van der Waals surface area contributed by atoms with Crippen molar-refractivity contribution in [2.75, 3.05) is 0 Å². The van der Waals surface area contributed by atoms with Crippen molar-refractivity contribution in [1.29, 1.82) is 0 Å². The van der Waals surface area contributed by atoms with E-state index in [1.165, 1.54) is 6.07 Å². The number of benzene rings is 1. The summed E-state index contributed by atoms with van der Waals surface area (Å²) in [5, 5.41) is 0.640. The Morgan fingerprint density at radius 1 is 1.21 bits per heavy atom. The molecular formula is C8H5Br3F2O. The fraction of sp³-hybridized carbons (Fsp3) is 0.250. The second-order valence-corrected chi connectivity index (χ2v) is 4.51. The van der Waals surface area contributed by atoms with Crippen molar-refractivity contribution in [2.24, 2.45) is 0 Å². The molecule has 1 nitrogen and oxygen atoms in total. The molecule has 1 rings (SSSR count). The first kappa shape index (κ1) is 12.4. The van der Waals surface area contributed by atoms with Crippen molar-refractivity contribution < 1.29 is 13.5 Å². The highest BCUT2D eigenvalue weighted by molar-refractivity contribution is 9.13. The maximum Gasteiger partial charge on any atom is 0.387 e. The molecule has 0 radical (unpaired) electrons. The van der Waals surface area contributed by atoms with E-state index in [0.717, 1.165) is 5.56 Å². The predicted octanol–water partition coefficient (Wildman–Crippen LogP) is 4.71. The van der Waals surface area contributed by atoms with Crippen LogP contribution in [0.1, 0.15) is 5.56 Å². The number of alkyl halides is 3. The minimum Gasteiger partial charge on any atom is -0.434 e. The van der Waals surface area contributed by atoms with E-state index >= 15 is 0 Å². The van der Waals surface area contributed by atoms with Gasteiger partial charge < -0.3 is 4.74 Å². The minimum atomic E-state index is -2.81. The largest absolute Gasteiger partial charge is 0.434 e. The second kappa shape index (κ2) is 5.42. The average molecular weight is 395 g/mol. The Morgan fingerprint density at radius 3 is 2.36 bits per heavy atom. The molecule has 0 unspecified atom stereocenters. The molecular weight excluding hydrogens is 390 g/mol. The van der Waals surface area contributed by atoms with Gasteiger partial charge in [-0.25, -0.2) is 0 Å². The van der Waals surface area contributed by atoms with E-state index in [1.54, 1.807) is 6.07 Å². The Bertz CT molecular complexity index is 331. The number of ether oxygens (including phenoxy) is 1. The Kier molecular flexibility index (Phi) is 4.79. The third kappa shape index (κ3) is 2.90. The van der Waals surface area contributed by atoms with Crippen LogP contribution in [-0.4, -0.2) is 6.61 Å². The van der Waals surface area contributed by atoms with Crippen molar-refractivity contribution in [3.63, 3.8) is 0 Å². The van der Waals surface area contributed by atoms with Crippen molar-refractivity contribution in [3.8, 4) is 5.75 Å². The van der Waals surface area contributed by atoms with E-state index in [-0.39, 0.29) is 5.75 Å². The molecule has 0 spiro atoms. The molecule has 0 amide bonds. The first-order chi connectivity index (χ1) is 6.56. The van der Waals surface area contributed by atoms with Gasteiger partial charge in [0.15, 0.2) is 0 Å². The molecule has 0 saturated heterocycles. The lowest BCUT2D eigenvalue weighted by atomic mass is 10.2. The van der Waals surface area contributed by atoms with E-state index in [2.05, 4.69) is 52.5 Å². The van der Waals surface area contributed by atoms with Gasteiger partial charge in [0.05, 0.1) is 4.47 Å².